The van der Waals surface area contributed by atoms with Gasteiger partial charge in [-0.3, -0.25) is 4.79 Å². The van der Waals surface area contributed by atoms with Crippen molar-refractivity contribution in [3.8, 4) is 0 Å². The number of amides is 1. The SMILES string of the molecule is CCC(CCO)CNC(=O)c1cccnc1F. The molecule has 5 heteroatoms. The molecule has 1 rings (SSSR count). The van der Waals surface area contributed by atoms with E-state index in [2.05, 4.69) is 10.3 Å². The number of aromatic nitrogens is 1. The molecule has 1 amide bonds. The van der Waals surface area contributed by atoms with Gasteiger partial charge in [-0.1, -0.05) is 13.3 Å². The van der Waals surface area contributed by atoms with Gasteiger partial charge in [0.15, 0.2) is 0 Å². The highest BCUT2D eigenvalue weighted by atomic mass is 19.1. The monoisotopic (exact) mass is 240 g/mol. The summed E-state index contributed by atoms with van der Waals surface area (Å²) >= 11 is 0. The molecule has 1 heterocycles. The van der Waals surface area contributed by atoms with Gasteiger partial charge in [-0.2, -0.15) is 4.39 Å². The zero-order valence-electron chi connectivity index (χ0n) is 9.82. The molecule has 94 valence electrons. The highest BCUT2D eigenvalue weighted by Crippen LogP contribution is 2.07. The summed E-state index contributed by atoms with van der Waals surface area (Å²) in [5, 5.41) is 11.5. The number of hydrogen-bond donors (Lipinski definition) is 2. The van der Waals surface area contributed by atoms with Crippen LogP contribution >= 0.6 is 0 Å². The van der Waals surface area contributed by atoms with Crippen molar-refractivity contribution in [1.82, 2.24) is 10.3 Å². The number of aliphatic hydroxyl groups is 1. The lowest BCUT2D eigenvalue weighted by Gasteiger charge is -2.14. The molecule has 1 atom stereocenters. The molecule has 0 aliphatic rings. The van der Waals surface area contributed by atoms with Crippen LogP contribution in [0.2, 0.25) is 0 Å². The maximum atomic E-state index is 13.2. The summed E-state index contributed by atoms with van der Waals surface area (Å²) in [7, 11) is 0. The van der Waals surface area contributed by atoms with Crippen LogP contribution < -0.4 is 5.32 Å². The Labute approximate surface area is 99.9 Å². The lowest BCUT2D eigenvalue weighted by molar-refractivity contribution is 0.0938. The van der Waals surface area contributed by atoms with E-state index >= 15 is 0 Å². The molecule has 17 heavy (non-hydrogen) atoms. The molecule has 0 radical (unpaired) electrons. The van der Waals surface area contributed by atoms with E-state index in [1.807, 2.05) is 6.92 Å². The van der Waals surface area contributed by atoms with E-state index in [-0.39, 0.29) is 18.1 Å². The zero-order chi connectivity index (χ0) is 12.7. The van der Waals surface area contributed by atoms with Gasteiger partial charge in [0.2, 0.25) is 5.95 Å². The molecule has 1 aromatic rings. The van der Waals surface area contributed by atoms with Gasteiger partial charge in [0.1, 0.15) is 0 Å². The first-order valence-electron chi connectivity index (χ1n) is 5.68. The summed E-state index contributed by atoms with van der Waals surface area (Å²) in [5.41, 5.74) is -0.0497. The van der Waals surface area contributed by atoms with E-state index in [4.69, 9.17) is 5.11 Å². The first-order chi connectivity index (χ1) is 8.19. The van der Waals surface area contributed by atoms with Crippen LogP contribution in [0.4, 0.5) is 4.39 Å². The fraction of sp³-hybridized carbons (Fsp3) is 0.500. The normalized spacial score (nSPS) is 12.2. The van der Waals surface area contributed by atoms with E-state index < -0.39 is 11.9 Å². The fourth-order valence-electron chi connectivity index (χ4n) is 1.52. The van der Waals surface area contributed by atoms with Gasteiger partial charge in [-0.25, -0.2) is 4.98 Å². The molecule has 2 N–H and O–H groups in total. The Morgan fingerprint density at radius 2 is 2.41 bits per heavy atom. The predicted octanol–water partition coefficient (Wildman–Crippen LogP) is 1.36. The molecule has 1 aromatic heterocycles. The Morgan fingerprint density at radius 3 is 3.00 bits per heavy atom. The molecule has 0 bridgehead atoms. The second-order valence-corrected chi connectivity index (χ2v) is 3.84. The van der Waals surface area contributed by atoms with Gasteiger partial charge in [0.25, 0.3) is 5.91 Å². The van der Waals surface area contributed by atoms with E-state index in [0.717, 1.165) is 6.42 Å². The van der Waals surface area contributed by atoms with Crippen molar-refractivity contribution in [2.75, 3.05) is 13.2 Å². The van der Waals surface area contributed by atoms with E-state index in [9.17, 15) is 9.18 Å². The number of halogens is 1. The molecule has 0 aromatic carbocycles. The molecule has 4 nitrogen and oxygen atoms in total. The van der Waals surface area contributed by atoms with Crippen molar-refractivity contribution in [2.24, 2.45) is 5.92 Å². The van der Waals surface area contributed by atoms with Gasteiger partial charge in [0.05, 0.1) is 5.56 Å². The predicted molar refractivity (Wildman–Crippen MR) is 62.0 cm³/mol. The summed E-state index contributed by atoms with van der Waals surface area (Å²) in [5.74, 6) is -1.02. The van der Waals surface area contributed by atoms with Crippen LogP contribution in [0.5, 0.6) is 0 Å². The second-order valence-electron chi connectivity index (χ2n) is 3.84. The Hall–Kier alpha value is -1.49. The molecule has 0 aliphatic heterocycles. The third-order valence-electron chi connectivity index (χ3n) is 2.67. The minimum absolute atomic E-state index is 0.0497. The molecular formula is C12H17FN2O2. The van der Waals surface area contributed by atoms with Crippen LogP contribution in [0.25, 0.3) is 0 Å². The van der Waals surface area contributed by atoms with Crippen molar-refractivity contribution in [1.29, 1.82) is 0 Å². The summed E-state index contributed by atoms with van der Waals surface area (Å²) in [6.07, 6.45) is 2.79. The average Bonchev–Trinajstić information content (AvgIpc) is 2.34. The first kappa shape index (κ1) is 13.6. The largest absolute Gasteiger partial charge is 0.396 e. The highest BCUT2D eigenvalue weighted by Gasteiger charge is 2.13. The third kappa shape index (κ3) is 4.11. The number of carbonyl (C=O) groups excluding carboxylic acids is 1. The number of aliphatic hydroxyl groups excluding tert-OH is 1. The van der Waals surface area contributed by atoms with Crippen LogP contribution in [-0.4, -0.2) is 29.1 Å². The quantitative estimate of drug-likeness (QED) is 0.738. The molecule has 0 saturated carbocycles. The van der Waals surface area contributed by atoms with E-state index in [1.165, 1.54) is 18.3 Å². The lowest BCUT2D eigenvalue weighted by Crippen LogP contribution is -2.30. The van der Waals surface area contributed by atoms with Gasteiger partial charge >= 0.3 is 0 Å². The molecule has 0 fully saturated rings. The summed E-state index contributed by atoms with van der Waals surface area (Å²) in [6.45, 7) is 2.51. The van der Waals surface area contributed by atoms with Crippen LogP contribution in [0.3, 0.4) is 0 Å². The van der Waals surface area contributed by atoms with Crippen molar-refractivity contribution >= 4 is 5.91 Å². The number of pyridine rings is 1. The number of nitrogens with zero attached hydrogens (tertiary/aromatic N) is 1. The molecule has 0 aliphatic carbocycles. The van der Waals surface area contributed by atoms with Gasteiger partial charge in [0, 0.05) is 19.3 Å². The van der Waals surface area contributed by atoms with Crippen molar-refractivity contribution in [3.63, 3.8) is 0 Å². The van der Waals surface area contributed by atoms with Crippen molar-refractivity contribution in [3.05, 3.63) is 29.8 Å². The van der Waals surface area contributed by atoms with Gasteiger partial charge in [-0.15, -0.1) is 0 Å². The number of rotatable bonds is 6. The fourth-order valence-corrected chi connectivity index (χ4v) is 1.52. The molecular weight excluding hydrogens is 223 g/mol. The number of carbonyl (C=O) groups is 1. The standard InChI is InChI=1S/C12H17FN2O2/c1-2-9(5-7-16)8-15-12(17)10-4-3-6-14-11(10)13/h3-4,6,9,16H,2,5,7-8H2,1H3,(H,15,17). The topological polar surface area (TPSA) is 62.2 Å². The van der Waals surface area contributed by atoms with Crippen LogP contribution in [0, 0.1) is 11.9 Å². The smallest absolute Gasteiger partial charge is 0.255 e. The van der Waals surface area contributed by atoms with Crippen LogP contribution in [0.1, 0.15) is 30.1 Å². The highest BCUT2D eigenvalue weighted by molar-refractivity contribution is 5.94. The number of hydrogen-bond acceptors (Lipinski definition) is 3. The van der Waals surface area contributed by atoms with Gasteiger partial charge in [-0.05, 0) is 24.5 Å². The van der Waals surface area contributed by atoms with Crippen LogP contribution in [0.15, 0.2) is 18.3 Å². The third-order valence-corrected chi connectivity index (χ3v) is 2.67. The molecule has 0 saturated heterocycles. The molecule has 0 spiro atoms. The van der Waals surface area contributed by atoms with E-state index in [1.54, 1.807) is 0 Å². The average molecular weight is 240 g/mol. The van der Waals surface area contributed by atoms with E-state index in [0.29, 0.717) is 13.0 Å². The van der Waals surface area contributed by atoms with Crippen molar-refractivity contribution in [2.45, 2.75) is 19.8 Å². The Morgan fingerprint density at radius 1 is 1.65 bits per heavy atom. The maximum absolute atomic E-state index is 13.2. The maximum Gasteiger partial charge on any atom is 0.255 e. The second kappa shape index (κ2) is 6.96. The zero-order valence-corrected chi connectivity index (χ0v) is 9.82. The minimum atomic E-state index is -0.764. The Balaban J connectivity index is 2.52. The Kier molecular flexibility index (Phi) is 5.56. The van der Waals surface area contributed by atoms with Gasteiger partial charge < -0.3 is 10.4 Å². The van der Waals surface area contributed by atoms with Crippen molar-refractivity contribution < 1.29 is 14.3 Å². The summed E-state index contributed by atoms with van der Waals surface area (Å²) in [4.78, 5) is 15.1. The lowest BCUT2D eigenvalue weighted by atomic mass is 10.0. The summed E-state index contributed by atoms with van der Waals surface area (Å²) < 4.78 is 13.2. The minimum Gasteiger partial charge on any atom is -0.396 e. The molecule has 1 unspecified atom stereocenters. The first-order valence-corrected chi connectivity index (χ1v) is 5.68. The summed E-state index contributed by atoms with van der Waals surface area (Å²) in [6, 6.07) is 2.91. The Bertz CT molecular complexity index is 371. The van der Waals surface area contributed by atoms with Crippen LogP contribution in [-0.2, 0) is 0 Å². The number of nitrogens with one attached hydrogen (secondary N) is 1.